The summed E-state index contributed by atoms with van der Waals surface area (Å²) in [5.74, 6) is -0.211. The van der Waals surface area contributed by atoms with E-state index in [9.17, 15) is 18.3 Å². The number of carbonyl (C=O) groups excluding carboxylic acids is 1. The molecule has 32 heavy (non-hydrogen) atoms. The number of phenolic OH excluding ortho intramolecular Hbond substituents is 1. The molecule has 2 aromatic carbocycles. The number of fused-ring (bicyclic) bond motifs is 1. The first kappa shape index (κ1) is 21.0. The van der Waals surface area contributed by atoms with Gasteiger partial charge in [-0.3, -0.25) is 9.89 Å². The molecule has 2 N–H and O–H groups in total. The van der Waals surface area contributed by atoms with Crippen molar-refractivity contribution in [1.29, 1.82) is 0 Å². The number of H-pyrrole nitrogens is 1. The van der Waals surface area contributed by atoms with Gasteiger partial charge in [-0.25, -0.2) is 8.42 Å². The Balaban J connectivity index is 1.73. The zero-order valence-corrected chi connectivity index (χ0v) is 19.2. The number of phenols is 1. The Kier molecular flexibility index (Phi) is 4.83. The maximum absolute atomic E-state index is 13.5. The van der Waals surface area contributed by atoms with E-state index >= 15 is 0 Å². The van der Waals surface area contributed by atoms with Gasteiger partial charge in [0.25, 0.3) is 5.91 Å². The van der Waals surface area contributed by atoms with E-state index in [2.05, 4.69) is 10.2 Å². The Hall–Kier alpha value is -2.84. The van der Waals surface area contributed by atoms with Crippen molar-refractivity contribution in [2.24, 2.45) is 0 Å². The summed E-state index contributed by atoms with van der Waals surface area (Å²) in [7, 11) is -3.21. The molecule has 2 aliphatic heterocycles. The fraction of sp³-hybridized carbons (Fsp3) is 0.304. The zero-order chi connectivity index (χ0) is 22.8. The van der Waals surface area contributed by atoms with Crippen molar-refractivity contribution in [1.82, 2.24) is 15.1 Å². The number of rotatable bonds is 3. The number of aromatic amines is 1. The number of halogens is 1. The third-order valence-electron chi connectivity index (χ3n) is 6.27. The van der Waals surface area contributed by atoms with Crippen LogP contribution in [0.5, 0.6) is 5.75 Å². The van der Waals surface area contributed by atoms with E-state index in [0.717, 1.165) is 11.1 Å². The van der Waals surface area contributed by atoms with Gasteiger partial charge < -0.3 is 10.0 Å². The second-order valence-electron chi connectivity index (χ2n) is 8.57. The number of nitrogens with zero attached hydrogens (tertiary/aromatic N) is 2. The van der Waals surface area contributed by atoms with Gasteiger partial charge in [-0.05, 0) is 55.2 Å². The van der Waals surface area contributed by atoms with Gasteiger partial charge in [-0.1, -0.05) is 29.8 Å². The number of hydrogen-bond donors (Lipinski definition) is 2. The van der Waals surface area contributed by atoms with E-state index in [1.54, 1.807) is 23.1 Å². The summed E-state index contributed by atoms with van der Waals surface area (Å²) < 4.78 is 24.4. The molecule has 0 spiro atoms. The van der Waals surface area contributed by atoms with Crippen LogP contribution < -0.4 is 0 Å². The SMILES string of the molecule is Cc1cc(C)c(O)c(-c2n[nH]c3c2C(c2cccc(Cl)c2)N(C2CCS(=O)(=O)C2)C3=O)c1. The highest BCUT2D eigenvalue weighted by molar-refractivity contribution is 7.91. The number of aryl methyl sites for hydroxylation is 2. The van der Waals surface area contributed by atoms with Crippen LogP contribution in [0.3, 0.4) is 0 Å². The minimum atomic E-state index is -3.21. The standard InChI is InChI=1S/C23H22ClN3O4S/c1-12-8-13(2)22(28)17(9-12)19-18-20(26-25-19)23(29)27(16-6-7-32(30,31)11-16)21(18)14-4-3-5-15(24)10-14/h3-5,8-10,16,21,28H,6-7,11H2,1-2H3,(H,25,26). The summed E-state index contributed by atoms with van der Waals surface area (Å²) in [5.41, 5.74) is 4.37. The third-order valence-corrected chi connectivity index (χ3v) is 8.26. The van der Waals surface area contributed by atoms with Crippen molar-refractivity contribution in [3.63, 3.8) is 0 Å². The Labute approximate surface area is 190 Å². The molecule has 2 aliphatic rings. The molecule has 7 nitrogen and oxygen atoms in total. The van der Waals surface area contributed by atoms with E-state index < -0.39 is 21.9 Å². The van der Waals surface area contributed by atoms with Crippen LogP contribution in [0.1, 0.15) is 45.2 Å². The van der Waals surface area contributed by atoms with Gasteiger partial charge in [-0.2, -0.15) is 5.10 Å². The molecule has 0 aliphatic carbocycles. The van der Waals surface area contributed by atoms with Crippen molar-refractivity contribution >= 4 is 27.3 Å². The number of aromatic hydroxyl groups is 1. The third kappa shape index (κ3) is 3.29. The second-order valence-corrected chi connectivity index (χ2v) is 11.2. The van der Waals surface area contributed by atoms with Gasteiger partial charge in [0.2, 0.25) is 0 Å². The maximum atomic E-state index is 13.5. The number of amides is 1. The van der Waals surface area contributed by atoms with Crippen LogP contribution in [-0.2, 0) is 9.84 Å². The lowest BCUT2D eigenvalue weighted by Crippen LogP contribution is -2.40. The summed E-state index contributed by atoms with van der Waals surface area (Å²) >= 11 is 6.27. The van der Waals surface area contributed by atoms with E-state index in [1.807, 2.05) is 32.0 Å². The van der Waals surface area contributed by atoms with E-state index in [-0.39, 0.29) is 23.2 Å². The molecule has 3 aromatic rings. The molecule has 2 unspecified atom stereocenters. The van der Waals surface area contributed by atoms with Crippen molar-refractivity contribution in [3.8, 4) is 17.0 Å². The van der Waals surface area contributed by atoms with E-state index in [0.29, 0.717) is 39.5 Å². The average molecular weight is 472 g/mol. The van der Waals surface area contributed by atoms with Gasteiger partial charge in [0.15, 0.2) is 9.84 Å². The summed E-state index contributed by atoms with van der Waals surface area (Å²) in [6.45, 7) is 3.74. The van der Waals surface area contributed by atoms with Gasteiger partial charge in [0, 0.05) is 22.2 Å². The summed E-state index contributed by atoms with van der Waals surface area (Å²) in [6.07, 6.45) is 0.382. The molecular formula is C23H22ClN3O4S. The molecule has 2 atom stereocenters. The summed E-state index contributed by atoms with van der Waals surface area (Å²) in [4.78, 5) is 15.1. The smallest absolute Gasteiger partial charge is 0.273 e. The minimum absolute atomic E-state index is 0.0562. The highest BCUT2D eigenvalue weighted by Gasteiger charge is 2.48. The lowest BCUT2D eigenvalue weighted by Gasteiger charge is -2.31. The largest absolute Gasteiger partial charge is 0.507 e. The van der Waals surface area contributed by atoms with Crippen molar-refractivity contribution in [3.05, 3.63) is 69.4 Å². The van der Waals surface area contributed by atoms with Crippen LogP contribution in [0, 0.1) is 13.8 Å². The lowest BCUT2D eigenvalue weighted by atomic mass is 9.93. The van der Waals surface area contributed by atoms with Gasteiger partial charge in [0.05, 0.1) is 17.5 Å². The highest BCUT2D eigenvalue weighted by atomic mass is 35.5. The van der Waals surface area contributed by atoms with Crippen molar-refractivity contribution in [2.75, 3.05) is 11.5 Å². The minimum Gasteiger partial charge on any atom is -0.507 e. The molecule has 1 aromatic heterocycles. The first-order valence-corrected chi connectivity index (χ1v) is 12.5. The number of hydrogen-bond acceptors (Lipinski definition) is 5. The predicted molar refractivity (Wildman–Crippen MR) is 122 cm³/mol. The molecule has 9 heteroatoms. The van der Waals surface area contributed by atoms with Crippen LogP contribution in [0.2, 0.25) is 5.02 Å². The quantitative estimate of drug-likeness (QED) is 0.605. The fourth-order valence-electron chi connectivity index (χ4n) is 4.89. The topological polar surface area (TPSA) is 103 Å². The van der Waals surface area contributed by atoms with Crippen LogP contribution in [-0.4, -0.2) is 52.1 Å². The van der Waals surface area contributed by atoms with Crippen molar-refractivity contribution in [2.45, 2.75) is 32.4 Å². The monoisotopic (exact) mass is 471 g/mol. The fourth-order valence-corrected chi connectivity index (χ4v) is 6.80. The lowest BCUT2D eigenvalue weighted by molar-refractivity contribution is 0.0677. The number of sulfone groups is 1. The maximum Gasteiger partial charge on any atom is 0.273 e. The first-order chi connectivity index (χ1) is 15.2. The Morgan fingerprint density at radius 2 is 2.00 bits per heavy atom. The number of nitrogens with one attached hydrogen (secondary N) is 1. The molecule has 0 saturated carbocycles. The molecule has 0 radical (unpaired) electrons. The predicted octanol–water partition coefficient (Wildman–Crippen LogP) is 3.78. The highest BCUT2D eigenvalue weighted by Crippen LogP contribution is 2.47. The molecule has 3 heterocycles. The Morgan fingerprint density at radius 1 is 1.22 bits per heavy atom. The zero-order valence-electron chi connectivity index (χ0n) is 17.6. The summed E-state index contributed by atoms with van der Waals surface area (Å²) in [5, 5.41) is 18.6. The molecule has 166 valence electrons. The van der Waals surface area contributed by atoms with Gasteiger partial charge in [-0.15, -0.1) is 0 Å². The number of aromatic nitrogens is 2. The molecule has 5 rings (SSSR count). The Morgan fingerprint density at radius 3 is 2.69 bits per heavy atom. The van der Waals surface area contributed by atoms with E-state index in [4.69, 9.17) is 11.6 Å². The van der Waals surface area contributed by atoms with Crippen LogP contribution in [0.15, 0.2) is 36.4 Å². The molecule has 1 amide bonds. The average Bonchev–Trinajstić information content (AvgIpc) is 3.38. The van der Waals surface area contributed by atoms with Gasteiger partial charge in [0.1, 0.15) is 17.1 Å². The van der Waals surface area contributed by atoms with Crippen LogP contribution >= 0.6 is 11.6 Å². The molecule has 1 fully saturated rings. The molecular weight excluding hydrogens is 450 g/mol. The summed E-state index contributed by atoms with van der Waals surface area (Å²) in [6, 6.07) is 9.90. The number of benzene rings is 2. The molecule has 1 saturated heterocycles. The number of carbonyl (C=O) groups is 1. The normalized spacial score (nSPS) is 21.8. The van der Waals surface area contributed by atoms with E-state index in [1.165, 1.54) is 0 Å². The first-order valence-electron chi connectivity index (χ1n) is 10.3. The second kappa shape index (κ2) is 7.35. The molecule has 0 bridgehead atoms. The van der Waals surface area contributed by atoms with Crippen LogP contribution in [0.4, 0.5) is 0 Å². The van der Waals surface area contributed by atoms with Crippen molar-refractivity contribution < 1.29 is 18.3 Å². The van der Waals surface area contributed by atoms with Gasteiger partial charge >= 0.3 is 0 Å². The van der Waals surface area contributed by atoms with Crippen LogP contribution in [0.25, 0.3) is 11.3 Å². The Bertz CT molecular complexity index is 1370.